The minimum atomic E-state index is -0.0511. The van der Waals surface area contributed by atoms with Crippen LogP contribution in [-0.4, -0.2) is 27.5 Å². The lowest BCUT2D eigenvalue weighted by Crippen LogP contribution is -2.35. The van der Waals surface area contributed by atoms with Gasteiger partial charge in [0, 0.05) is 18.0 Å². The van der Waals surface area contributed by atoms with Crippen molar-refractivity contribution in [1.82, 2.24) is 15.0 Å². The van der Waals surface area contributed by atoms with Gasteiger partial charge in [0.05, 0.1) is 0 Å². The molecule has 4 rings (SSSR count). The van der Waals surface area contributed by atoms with Gasteiger partial charge < -0.3 is 9.42 Å². The Morgan fingerprint density at radius 2 is 1.88 bits per heavy atom. The number of benzene rings is 1. The molecular weight excluding hydrogens is 302 g/mol. The smallest absolute Gasteiger partial charge is 0.249 e. The molecular formula is C19H23N3O2. The Bertz CT molecular complexity index is 716. The first-order chi connectivity index (χ1) is 11.7. The van der Waals surface area contributed by atoms with E-state index in [0.717, 1.165) is 37.8 Å². The van der Waals surface area contributed by atoms with Gasteiger partial charge in [-0.2, -0.15) is 4.98 Å². The molecule has 1 saturated heterocycles. The second-order valence-corrected chi connectivity index (χ2v) is 6.99. The molecule has 2 aromatic rings. The number of aromatic nitrogens is 2. The molecule has 2 heterocycles. The Balaban J connectivity index is 1.54. The largest absolute Gasteiger partial charge is 0.337 e. The number of hydrogen-bond acceptors (Lipinski definition) is 4. The molecule has 1 amide bonds. The van der Waals surface area contributed by atoms with E-state index in [0.29, 0.717) is 11.7 Å². The molecule has 1 saturated carbocycles. The van der Waals surface area contributed by atoms with E-state index < -0.39 is 0 Å². The number of carbonyl (C=O) groups is 1. The van der Waals surface area contributed by atoms with Crippen molar-refractivity contribution < 1.29 is 9.32 Å². The Morgan fingerprint density at radius 1 is 1.12 bits per heavy atom. The molecule has 1 aliphatic heterocycles. The topological polar surface area (TPSA) is 59.2 Å². The van der Waals surface area contributed by atoms with Crippen LogP contribution in [0.4, 0.5) is 0 Å². The van der Waals surface area contributed by atoms with Gasteiger partial charge >= 0.3 is 0 Å². The number of nitrogens with zero attached hydrogens (tertiary/aromatic N) is 3. The van der Waals surface area contributed by atoms with Crippen LogP contribution < -0.4 is 0 Å². The van der Waals surface area contributed by atoms with E-state index in [-0.39, 0.29) is 17.9 Å². The highest BCUT2D eigenvalue weighted by atomic mass is 16.5. The molecule has 0 N–H and O–H groups in total. The van der Waals surface area contributed by atoms with Crippen molar-refractivity contribution in [3.8, 4) is 11.4 Å². The lowest BCUT2D eigenvalue weighted by atomic mass is 10.1. The first kappa shape index (κ1) is 15.4. The van der Waals surface area contributed by atoms with Gasteiger partial charge in [-0.3, -0.25) is 4.79 Å². The zero-order valence-corrected chi connectivity index (χ0v) is 14.1. The summed E-state index contributed by atoms with van der Waals surface area (Å²) in [4.78, 5) is 19.3. The number of hydrogen-bond donors (Lipinski definition) is 0. The Hall–Kier alpha value is -2.17. The summed E-state index contributed by atoms with van der Waals surface area (Å²) in [7, 11) is 0. The third-order valence-electron chi connectivity index (χ3n) is 5.28. The van der Waals surface area contributed by atoms with E-state index >= 15 is 0 Å². The van der Waals surface area contributed by atoms with E-state index in [1.807, 2.05) is 29.2 Å². The first-order valence-corrected chi connectivity index (χ1v) is 8.93. The molecule has 1 aromatic carbocycles. The van der Waals surface area contributed by atoms with Crippen molar-refractivity contribution in [3.63, 3.8) is 0 Å². The molecule has 0 unspecified atom stereocenters. The van der Waals surface area contributed by atoms with Crippen LogP contribution in [0.3, 0.4) is 0 Å². The zero-order valence-electron chi connectivity index (χ0n) is 14.1. The fourth-order valence-electron chi connectivity index (χ4n) is 3.88. The number of carbonyl (C=O) groups excluding carboxylic acids is 1. The van der Waals surface area contributed by atoms with Crippen LogP contribution in [0.2, 0.25) is 0 Å². The summed E-state index contributed by atoms with van der Waals surface area (Å²) in [6.45, 7) is 2.86. The summed E-state index contributed by atoms with van der Waals surface area (Å²) >= 11 is 0. The normalized spacial score (nSPS) is 21.5. The lowest BCUT2D eigenvalue weighted by molar-refractivity contribution is -0.136. The summed E-state index contributed by atoms with van der Waals surface area (Å²) < 4.78 is 5.52. The minimum absolute atomic E-state index is 0.0511. The highest BCUT2D eigenvalue weighted by Gasteiger charge is 2.37. The average Bonchev–Trinajstić information content (AvgIpc) is 3.34. The molecule has 2 aliphatic rings. The van der Waals surface area contributed by atoms with Crippen molar-refractivity contribution in [2.24, 2.45) is 5.92 Å². The number of aryl methyl sites for hydroxylation is 1. The predicted octanol–water partition coefficient (Wildman–Crippen LogP) is 3.90. The highest BCUT2D eigenvalue weighted by molar-refractivity contribution is 5.79. The monoisotopic (exact) mass is 325 g/mol. The van der Waals surface area contributed by atoms with Crippen LogP contribution in [0.15, 0.2) is 28.8 Å². The van der Waals surface area contributed by atoms with Crippen molar-refractivity contribution >= 4 is 5.91 Å². The molecule has 0 radical (unpaired) electrons. The van der Waals surface area contributed by atoms with E-state index in [1.54, 1.807) is 0 Å². The van der Waals surface area contributed by atoms with Gasteiger partial charge in [-0.05, 0) is 32.6 Å². The van der Waals surface area contributed by atoms with Crippen LogP contribution in [0.5, 0.6) is 0 Å². The van der Waals surface area contributed by atoms with Gasteiger partial charge in [-0.25, -0.2) is 0 Å². The van der Waals surface area contributed by atoms with Crippen LogP contribution in [0.25, 0.3) is 11.4 Å². The molecule has 126 valence electrons. The molecule has 1 aliphatic carbocycles. The van der Waals surface area contributed by atoms with Crippen molar-refractivity contribution in [1.29, 1.82) is 0 Å². The molecule has 5 nitrogen and oxygen atoms in total. The minimum Gasteiger partial charge on any atom is -0.337 e. The summed E-state index contributed by atoms with van der Waals surface area (Å²) in [5, 5.41) is 4.13. The second kappa shape index (κ2) is 6.38. The SMILES string of the molecule is Cc1ccc(-c2noc([C@@H]3CCCN3C(=O)C3CCCC3)n2)cc1. The highest BCUT2D eigenvalue weighted by Crippen LogP contribution is 2.36. The van der Waals surface area contributed by atoms with Crippen LogP contribution in [0, 0.1) is 12.8 Å². The standard InChI is InChI=1S/C19H23N3O2/c1-13-8-10-14(11-9-13)17-20-18(24-21-17)16-7-4-12-22(16)19(23)15-5-2-3-6-15/h8-11,15-16H,2-7,12H2,1H3/t16-/m0/s1. The fourth-order valence-corrected chi connectivity index (χ4v) is 3.88. The summed E-state index contributed by atoms with van der Waals surface area (Å²) in [6.07, 6.45) is 6.32. The number of amides is 1. The summed E-state index contributed by atoms with van der Waals surface area (Å²) in [5.74, 6) is 1.66. The van der Waals surface area contributed by atoms with Gasteiger partial charge in [0.15, 0.2) is 0 Å². The predicted molar refractivity (Wildman–Crippen MR) is 90.1 cm³/mol. The quantitative estimate of drug-likeness (QED) is 0.859. The lowest BCUT2D eigenvalue weighted by Gasteiger charge is -2.24. The van der Waals surface area contributed by atoms with Crippen LogP contribution in [0.1, 0.15) is 56.0 Å². The summed E-state index contributed by atoms with van der Waals surface area (Å²) in [6, 6.07) is 8.03. The van der Waals surface area contributed by atoms with Gasteiger partial charge in [-0.1, -0.05) is 47.8 Å². The Kier molecular flexibility index (Phi) is 4.08. The van der Waals surface area contributed by atoms with E-state index in [9.17, 15) is 4.79 Å². The molecule has 1 aromatic heterocycles. The van der Waals surface area contributed by atoms with E-state index in [2.05, 4.69) is 17.1 Å². The zero-order chi connectivity index (χ0) is 16.5. The van der Waals surface area contributed by atoms with Gasteiger partial charge in [0.1, 0.15) is 6.04 Å². The fraction of sp³-hybridized carbons (Fsp3) is 0.526. The maximum atomic E-state index is 12.8. The average molecular weight is 325 g/mol. The van der Waals surface area contributed by atoms with Crippen LogP contribution >= 0.6 is 0 Å². The first-order valence-electron chi connectivity index (χ1n) is 8.93. The maximum absolute atomic E-state index is 12.8. The molecule has 2 fully saturated rings. The molecule has 0 bridgehead atoms. The van der Waals surface area contributed by atoms with Crippen molar-refractivity contribution in [2.75, 3.05) is 6.54 Å². The Labute approximate surface area is 142 Å². The van der Waals surface area contributed by atoms with Gasteiger partial charge in [0.25, 0.3) is 0 Å². The summed E-state index contributed by atoms with van der Waals surface area (Å²) in [5.41, 5.74) is 2.15. The Morgan fingerprint density at radius 3 is 2.62 bits per heavy atom. The number of likely N-dealkylation sites (tertiary alicyclic amines) is 1. The van der Waals surface area contributed by atoms with Gasteiger partial charge in [0.2, 0.25) is 17.6 Å². The third-order valence-corrected chi connectivity index (χ3v) is 5.28. The van der Waals surface area contributed by atoms with E-state index in [4.69, 9.17) is 4.52 Å². The van der Waals surface area contributed by atoms with Crippen LogP contribution in [-0.2, 0) is 4.79 Å². The molecule has 5 heteroatoms. The second-order valence-electron chi connectivity index (χ2n) is 6.99. The third kappa shape index (κ3) is 2.83. The molecule has 24 heavy (non-hydrogen) atoms. The molecule has 0 spiro atoms. The number of rotatable bonds is 3. The van der Waals surface area contributed by atoms with Gasteiger partial charge in [-0.15, -0.1) is 0 Å². The molecule has 1 atom stereocenters. The van der Waals surface area contributed by atoms with E-state index in [1.165, 1.54) is 18.4 Å². The van der Waals surface area contributed by atoms with Crippen molar-refractivity contribution in [3.05, 3.63) is 35.7 Å². The maximum Gasteiger partial charge on any atom is 0.249 e. The van der Waals surface area contributed by atoms with Crippen molar-refractivity contribution in [2.45, 2.75) is 51.5 Å².